The highest BCUT2D eigenvalue weighted by molar-refractivity contribution is 7.99. The van der Waals surface area contributed by atoms with Crippen LogP contribution in [0.4, 0.5) is 5.69 Å². The van der Waals surface area contributed by atoms with Crippen LogP contribution in [0.25, 0.3) is 0 Å². The Hall–Kier alpha value is -1.09. The molecule has 0 unspecified atom stereocenters. The molecule has 1 aliphatic rings. The molecule has 0 spiro atoms. The van der Waals surface area contributed by atoms with E-state index in [4.69, 9.17) is 0 Å². The Morgan fingerprint density at radius 2 is 2.20 bits per heavy atom. The molecule has 0 saturated heterocycles. The molecule has 0 amide bonds. The predicted octanol–water partition coefficient (Wildman–Crippen LogP) is 2.98. The Balaban J connectivity index is 2.14. The molecule has 0 atom stereocenters. The van der Waals surface area contributed by atoms with Gasteiger partial charge in [-0.2, -0.15) is 0 Å². The van der Waals surface area contributed by atoms with E-state index >= 15 is 0 Å². The fourth-order valence-electron chi connectivity index (χ4n) is 1.62. The maximum atomic E-state index is 2.25. The van der Waals surface area contributed by atoms with Gasteiger partial charge in [-0.25, -0.2) is 0 Å². The van der Waals surface area contributed by atoms with Gasteiger partial charge in [0.15, 0.2) is 0 Å². The molecule has 2 rings (SSSR count). The van der Waals surface area contributed by atoms with Gasteiger partial charge in [-0.05, 0) is 24.0 Å². The van der Waals surface area contributed by atoms with Crippen LogP contribution in [-0.2, 0) is 0 Å². The van der Waals surface area contributed by atoms with Crippen LogP contribution in [0.15, 0.2) is 41.6 Å². The summed E-state index contributed by atoms with van der Waals surface area (Å²) in [5.41, 5.74) is 1.27. The quantitative estimate of drug-likeness (QED) is 0.723. The molecule has 1 aromatic carbocycles. The van der Waals surface area contributed by atoms with Crippen molar-refractivity contribution in [3.8, 4) is 0 Å². The zero-order chi connectivity index (χ0) is 10.7. The lowest BCUT2D eigenvalue weighted by Gasteiger charge is -2.18. The van der Waals surface area contributed by atoms with E-state index in [0.29, 0.717) is 0 Å². The molecular weight excluding hydrogens is 204 g/mol. The minimum Gasteiger partial charge on any atom is -0.361 e. The third kappa shape index (κ3) is 2.48. The summed E-state index contributed by atoms with van der Waals surface area (Å²) in [6.45, 7) is 3.13. The highest BCUT2D eigenvalue weighted by Gasteiger charge is 2.10. The highest BCUT2D eigenvalue weighted by Crippen LogP contribution is 2.25. The average molecular weight is 220 g/mol. The fourth-order valence-corrected chi connectivity index (χ4v) is 2.33. The number of thioether (sulfide) groups is 1. The molecular formula is C12H16N2S. The van der Waals surface area contributed by atoms with Gasteiger partial charge in [0, 0.05) is 30.0 Å². The molecule has 80 valence electrons. The Morgan fingerprint density at radius 1 is 1.33 bits per heavy atom. The number of rotatable bonds is 3. The summed E-state index contributed by atoms with van der Waals surface area (Å²) in [5, 5.41) is 0. The molecule has 0 bridgehead atoms. The maximum absolute atomic E-state index is 2.25. The molecule has 2 nitrogen and oxygen atoms in total. The van der Waals surface area contributed by atoms with Crippen LogP contribution in [0.3, 0.4) is 0 Å². The first kappa shape index (κ1) is 10.4. The average Bonchev–Trinajstić information content (AvgIpc) is 2.66. The van der Waals surface area contributed by atoms with Crippen LogP contribution >= 0.6 is 11.8 Å². The molecule has 3 heteroatoms. The maximum Gasteiger partial charge on any atom is 0.0938 e. The van der Waals surface area contributed by atoms with Crippen molar-refractivity contribution in [1.82, 2.24) is 4.90 Å². The van der Waals surface area contributed by atoms with Crippen LogP contribution in [0, 0.1) is 0 Å². The fraction of sp³-hybridized carbons (Fsp3) is 0.333. The number of anilines is 1. The summed E-state index contributed by atoms with van der Waals surface area (Å²) >= 11 is 1.88. The lowest BCUT2D eigenvalue weighted by Crippen LogP contribution is -2.21. The minimum absolute atomic E-state index is 0.945. The van der Waals surface area contributed by atoms with Gasteiger partial charge in [0.1, 0.15) is 0 Å². The third-order valence-corrected chi connectivity index (χ3v) is 3.21. The highest BCUT2D eigenvalue weighted by atomic mass is 32.2. The Bertz CT molecular complexity index is 362. The van der Waals surface area contributed by atoms with Gasteiger partial charge >= 0.3 is 0 Å². The third-order valence-electron chi connectivity index (χ3n) is 2.34. The van der Waals surface area contributed by atoms with Crippen molar-refractivity contribution in [3.63, 3.8) is 0 Å². The molecule has 0 aromatic heterocycles. The monoisotopic (exact) mass is 220 g/mol. The number of hydrogen-bond donors (Lipinski definition) is 0. The van der Waals surface area contributed by atoms with Gasteiger partial charge in [0.2, 0.25) is 0 Å². The Kier molecular flexibility index (Phi) is 3.21. The molecule has 1 aromatic rings. The van der Waals surface area contributed by atoms with Crippen molar-refractivity contribution >= 4 is 17.4 Å². The standard InChI is InChI=1S/C12H16N2S/c1-3-15-12-6-4-5-11(9-12)14-8-7-13(2)10-14/h4-9H,3,10H2,1-2H3. The number of nitrogens with zero attached hydrogens (tertiary/aromatic N) is 2. The first-order chi connectivity index (χ1) is 7.29. The van der Waals surface area contributed by atoms with Crippen LogP contribution in [0.5, 0.6) is 0 Å². The zero-order valence-corrected chi connectivity index (χ0v) is 10.00. The van der Waals surface area contributed by atoms with Gasteiger partial charge in [-0.3, -0.25) is 0 Å². The number of hydrogen-bond acceptors (Lipinski definition) is 3. The van der Waals surface area contributed by atoms with Crippen molar-refractivity contribution in [1.29, 1.82) is 0 Å². The van der Waals surface area contributed by atoms with E-state index in [1.54, 1.807) is 0 Å². The topological polar surface area (TPSA) is 6.48 Å². The van der Waals surface area contributed by atoms with Crippen molar-refractivity contribution in [3.05, 3.63) is 36.7 Å². The van der Waals surface area contributed by atoms with E-state index in [2.05, 4.69) is 60.4 Å². The summed E-state index contributed by atoms with van der Waals surface area (Å²) < 4.78 is 0. The molecule has 0 fully saturated rings. The van der Waals surface area contributed by atoms with Gasteiger partial charge in [-0.1, -0.05) is 13.0 Å². The van der Waals surface area contributed by atoms with E-state index in [1.807, 2.05) is 11.8 Å². The first-order valence-corrected chi connectivity index (χ1v) is 6.16. The second-order valence-electron chi connectivity index (χ2n) is 3.60. The second-order valence-corrected chi connectivity index (χ2v) is 4.93. The van der Waals surface area contributed by atoms with Crippen LogP contribution in [-0.4, -0.2) is 24.4 Å². The molecule has 15 heavy (non-hydrogen) atoms. The van der Waals surface area contributed by atoms with Gasteiger partial charge in [0.25, 0.3) is 0 Å². The van der Waals surface area contributed by atoms with Gasteiger partial charge in [-0.15, -0.1) is 11.8 Å². The van der Waals surface area contributed by atoms with E-state index in [9.17, 15) is 0 Å². The van der Waals surface area contributed by atoms with Crippen molar-refractivity contribution < 1.29 is 0 Å². The van der Waals surface area contributed by atoms with Gasteiger partial charge in [0.05, 0.1) is 6.67 Å². The Morgan fingerprint density at radius 3 is 2.87 bits per heavy atom. The molecule has 1 aliphatic heterocycles. The second kappa shape index (κ2) is 4.62. The summed E-state index contributed by atoms with van der Waals surface area (Å²) in [7, 11) is 2.08. The summed E-state index contributed by atoms with van der Waals surface area (Å²) in [6, 6.07) is 8.70. The van der Waals surface area contributed by atoms with Crippen molar-refractivity contribution in [2.45, 2.75) is 11.8 Å². The lowest BCUT2D eigenvalue weighted by atomic mass is 10.3. The predicted molar refractivity (Wildman–Crippen MR) is 67.1 cm³/mol. The van der Waals surface area contributed by atoms with Crippen molar-refractivity contribution in [2.24, 2.45) is 0 Å². The smallest absolute Gasteiger partial charge is 0.0938 e. The summed E-state index contributed by atoms with van der Waals surface area (Å²) in [4.78, 5) is 5.76. The number of benzene rings is 1. The Labute approximate surface area is 95.6 Å². The normalized spacial score (nSPS) is 15.1. The molecule has 0 radical (unpaired) electrons. The summed E-state index contributed by atoms with van der Waals surface area (Å²) in [5.74, 6) is 1.12. The molecule has 0 N–H and O–H groups in total. The van der Waals surface area contributed by atoms with E-state index < -0.39 is 0 Å². The largest absolute Gasteiger partial charge is 0.361 e. The zero-order valence-electron chi connectivity index (χ0n) is 9.18. The van der Waals surface area contributed by atoms with E-state index in [0.717, 1.165) is 12.4 Å². The first-order valence-electron chi connectivity index (χ1n) is 5.17. The van der Waals surface area contributed by atoms with Crippen LogP contribution in [0.1, 0.15) is 6.92 Å². The van der Waals surface area contributed by atoms with Gasteiger partial charge < -0.3 is 9.80 Å². The van der Waals surface area contributed by atoms with Crippen molar-refractivity contribution in [2.75, 3.05) is 24.4 Å². The molecule has 0 aliphatic carbocycles. The summed E-state index contributed by atoms with van der Waals surface area (Å²) in [6.07, 6.45) is 4.22. The molecule has 0 saturated carbocycles. The van der Waals surface area contributed by atoms with Crippen LogP contribution < -0.4 is 4.90 Å². The van der Waals surface area contributed by atoms with E-state index in [-0.39, 0.29) is 0 Å². The van der Waals surface area contributed by atoms with E-state index in [1.165, 1.54) is 10.6 Å². The minimum atomic E-state index is 0.945. The molecule has 1 heterocycles. The van der Waals surface area contributed by atoms with Crippen LogP contribution in [0.2, 0.25) is 0 Å². The SMILES string of the molecule is CCSc1cccc(N2C=CN(C)C2)c1. The lowest BCUT2D eigenvalue weighted by molar-refractivity contribution is 0.495.